The van der Waals surface area contributed by atoms with Gasteiger partial charge >= 0.3 is 0 Å². The largest absolute Gasteiger partial charge is 0.472 e. The van der Waals surface area contributed by atoms with E-state index in [0.717, 1.165) is 12.1 Å². The van der Waals surface area contributed by atoms with Gasteiger partial charge in [-0.25, -0.2) is 0 Å². The fourth-order valence-electron chi connectivity index (χ4n) is 1.51. The van der Waals surface area contributed by atoms with Gasteiger partial charge in [-0.15, -0.1) is 0 Å². The molecule has 13 heavy (non-hydrogen) atoms. The summed E-state index contributed by atoms with van der Waals surface area (Å²) in [4.78, 5) is 13.2. The van der Waals surface area contributed by atoms with Gasteiger partial charge in [0.1, 0.15) is 0 Å². The van der Waals surface area contributed by atoms with Crippen molar-refractivity contribution in [3.63, 3.8) is 0 Å². The lowest BCUT2D eigenvalue weighted by Crippen LogP contribution is -2.24. The van der Waals surface area contributed by atoms with Crippen LogP contribution in [-0.4, -0.2) is 22.6 Å². The summed E-state index contributed by atoms with van der Waals surface area (Å²) in [5.74, 6) is 0.182. The monoisotopic (exact) mass is 197 g/mol. The van der Waals surface area contributed by atoms with Crippen molar-refractivity contribution in [1.82, 2.24) is 4.90 Å². The summed E-state index contributed by atoms with van der Waals surface area (Å²) >= 11 is 4.28. The minimum Gasteiger partial charge on any atom is -0.472 e. The van der Waals surface area contributed by atoms with Gasteiger partial charge in [-0.2, -0.15) is 12.6 Å². The van der Waals surface area contributed by atoms with Crippen LogP contribution < -0.4 is 0 Å². The maximum atomic E-state index is 11.4. The number of thiol groups is 1. The Bertz CT molecular complexity index is 297. The van der Waals surface area contributed by atoms with Crippen molar-refractivity contribution in [2.75, 3.05) is 6.54 Å². The normalized spacial score (nSPS) is 22.7. The average molecular weight is 197 g/mol. The first-order valence-electron chi connectivity index (χ1n) is 4.22. The molecule has 0 saturated carbocycles. The molecule has 1 aromatic heterocycles. The number of nitrogens with zero attached hydrogens (tertiary/aromatic N) is 1. The van der Waals surface area contributed by atoms with E-state index in [0.29, 0.717) is 13.0 Å². The molecule has 1 unspecified atom stereocenters. The van der Waals surface area contributed by atoms with Gasteiger partial charge in [-0.3, -0.25) is 4.79 Å². The Hall–Kier alpha value is -0.900. The van der Waals surface area contributed by atoms with E-state index in [2.05, 4.69) is 12.6 Å². The second kappa shape index (κ2) is 3.46. The molecule has 2 heterocycles. The predicted molar refractivity (Wildman–Crippen MR) is 51.5 cm³/mol. The number of rotatable bonds is 2. The molecule has 1 fully saturated rings. The first-order valence-corrected chi connectivity index (χ1v) is 4.74. The second-order valence-corrected chi connectivity index (χ2v) is 3.99. The van der Waals surface area contributed by atoms with Crippen LogP contribution in [0.5, 0.6) is 0 Å². The number of furan rings is 1. The molecular formula is C9H11NO2S. The Labute approximate surface area is 82.1 Å². The molecule has 0 radical (unpaired) electrons. The van der Waals surface area contributed by atoms with E-state index < -0.39 is 0 Å². The molecule has 0 aliphatic carbocycles. The zero-order chi connectivity index (χ0) is 9.26. The lowest BCUT2D eigenvalue weighted by molar-refractivity contribution is -0.128. The van der Waals surface area contributed by atoms with E-state index in [4.69, 9.17) is 4.42 Å². The molecule has 1 amide bonds. The number of hydrogen-bond donors (Lipinski definition) is 1. The predicted octanol–water partition coefficient (Wildman–Crippen LogP) is 1.31. The zero-order valence-electron chi connectivity index (χ0n) is 7.14. The van der Waals surface area contributed by atoms with Crippen LogP contribution in [0.1, 0.15) is 12.0 Å². The fourth-order valence-corrected chi connectivity index (χ4v) is 1.86. The molecule has 3 nitrogen and oxygen atoms in total. The SMILES string of the molecule is O=C1CC(S)CN1Cc1ccoc1. The molecule has 0 spiro atoms. The molecule has 1 aliphatic rings. The van der Waals surface area contributed by atoms with Gasteiger partial charge in [0, 0.05) is 30.3 Å². The van der Waals surface area contributed by atoms with Crippen LogP contribution >= 0.6 is 12.6 Å². The molecule has 1 aromatic rings. The van der Waals surface area contributed by atoms with Crippen molar-refractivity contribution in [1.29, 1.82) is 0 Å². The van der Waals surface area contributed by atoms with Gasteiger partial charge in [0.2, 0.25) is 5.91 Å². The maximum Gasteiger partial charge on any atom is 0.224 e. The van der Waals surface area contributed by atoms with E-state index in [9.17, 15) is 4.79 Å². The summed E-state index contributed by atoms with van der Waals surface area (Å²) in [6.45, 7) is 1.39. The summed E-state index contributed by atoms with van der Waals surface area (Å²) < 4.78 is 4.93. The van der Waals surface area contributed by atoms with Crippen LogP contribution in [0.2, 0.25) is 0 Å². The minimum atomic E-state index is 0.182. The van der Waals surface area contributed by atoms with Crippen molar-refractivity contribution >= 4 is 18.5 Å². The van der Waals surface area contributed by atoms with Crippen molar-refractivity contribution < 1.29 is 9.21 Å². The summed E-state index contributed by atoms with van der Waals surface area (Å²) in [7, 11) is 0. The molecule has 1 atom stereocenters. The number of carbonyl (C=O) groups excluding carboxylic acids is 1. The maximum absolute atomic E-state index is 11.4. The summed E-state index contributed by atoms with van der Waals surface area (Å²) in [5, 5.41) is 0.194. The van der Waals surface area contributed by atoms with Crippen LogP contribution in [0.15, 0.2) is 23.0 Å². The summed E-state index contributed by atoms with van der Waals surface area (Å²) in [6.07, 6.45) is 3.84. The molecule has 70 valence electrons. The molecular weight excluding hydrogens is 186 g/mol. The van der Waals surface area contributed by atoms with Gasteiger partial charge in [0.15, 0.2) is 0 Å². The molecule has 0 bridgehead atoms. The Morgan fingerprint density at radius 1 is 1.69 bits per heavy atom. The highest BCUT2D eigenvalue weighted by Crippen LogP contribution is 2.18. The summed E-state index contributed by atoms with van der Waals surface area (Å²) in [5.41, 5.74) is 1.04. The first-order chi connectivity index (χ1) is 6.25. The van der Waals surface area contributed by atoms with Gasteiger partial charge < -0.3 is 9.32 Å². The van der Waals surface area contributed by atoms with Crippen molar-refractivity contribution in [2.45, 2.75) is 18.2 Å². The summed E-state index contributed by atoms with van der Waals surface area (Å²) in [6, 6.07) is 1.87. The highest BCUT2D eigenvalue weighted by Gasteiger charge is 2.26. The Kier molecular flexibility index (Phi) is 2.31. The first kappa shape index (κ1) is 8.69. The zero-order valence-corrected chi connectivity index (χ0v) is 8.04. The molecule has 1 saturated heterocycles. The van der Waals surface area contributed by atoms with Crippen LogP contribution in [0.3, 0.4) is 0 Å². The van der Waals surface area contributed by atoms with Crippen molar-refractivity contribution in [3.05, 3.63) is 24.2 Å². The second-order valence-electron chi connectivity index (χ2n) is 3.26. The number of amides is 1. The van der Waals surface area contributed by atoms with Crippen LogP contribution in [0, 0.1) is 0 Å². The quantitative estimate of drug-likeness (QED) is 0.725. The van der Waals surface area contributed by atoms with Crippen LogP contribution in [0.4, 0.5) is 0 Å². The number of carbonyl (C=O) groups is 1. The van der Waals surface area contributed by atoms with E-state index >= 15 is 0 Å². The highest BCUT2D eigenvalue weighted by atomic mass is 32.1. The molecule has 1 aliphatic heterocycles. The van der Waals surface area contributed by atoms with Gasteiger partial charge in [-0.1, -0.05) is 0 Å². The molecule has 0 N–H and O–H groups in total. The topological polar surface area (TPSA) is 33.5 Å². The smallest absolute Gasteiger partial charge is 0.224 e. The van der Waals surface area contributed by atoms with Crippen LogP contribution in [-0.2, 0) is 11.3 Å². The fraction of sp³-hybridized carbons (Fsp3) is 0.444. The minimum absolute atomic E-state index is 0.182. The molecule has 4 heteroatoms. The van der Waals surface area contributed by atoms with E-state index in [-0.39, 0.29) is 11.2 Å². The Balaban J connectivity index is 1.99. The van der Waals surface area contributed by atoms with Gasteiger partial charge in [-0.05, 0) is 6.07 Å². The van der Waals surface area contributed by atoms with Gasteiger partial charge in [0.05, 0.1) is 12.5 Å². The number of likely N-dealkylation sites (tertiary alicyclic amines) is 1. The lowest BCUT2D eigenvalue weighted by Gasteiger charge is -2.13. The third-order valence-electron chi connectivity index (χ3n) is 2.15. The molecule has 2 rings (SSSR count). The highest BCUT2D eigenvalue weighted by molar-refractivity contribution is 7.81. The van der Waals surface area contributed by atoms with E-state index in [1.54, 1.807) is 12.5 Å². The van der Waals surface area contributed by atoms with Crippen molar-refractivity contribution in [3.8, 4) is 0 Å². The third kappa shape index (κ3) is 1.88. The van der Waals surface area contributed by atoms with Gasteiger partial charge in [0.25, 0.3) is 0 Å². The van der Waals surface area contributed by atoms with Crippen LogP contribution in [0.25, 0.3) is 0 Å². The Morgan fingerprint density at radius 3 is 3.08 bits per heavy atom. The Morgan fingerprint density at radius 2 is 2.54 bits per heavy atom. The number of hydrogen-bond acceptors (Lipinski definition) is 3. The standard InChI is InChI=1S/C9H11NO2S/c11-9-3-8(13)5-10(9)4-7-1-2-12-6-7/h1-2,6,8,13H,3-5H2. The third-order valence-corrected chi connectivity index (χ3v) is 2.49. The van der Waals surface area contributed by atoms with E-state index in [1.807, 2.05) is 11.0 Å². The molecule has 0 aromatic carbocycles. The van der Waals surface area contributed by atoms with E-state index in [1.165, 1.54) is 0 Å². The van der Waals surface area contributed by atoms with Crippen molar-refractivity contribution in [2.24, 2.45) is 0 Å². The average Bonchev–Trinajstić information content (AvgIpc) is 2.63. The lowest BCUT2D eigenvalue weighted by atomic mass is 10.3.